The minimum Gasteiger partial charge on any atom is -0.469 e. The van der Waals surface area contributed by atoms with Gasteiger partial charge in [0.15, 0.2) is 0 Å². The normalized spacial score (nSPS) is 19.3. The van der Waals surface area contributed by atoms with Gasteiger partial charge < -0.3 is 19.5 Å². The lowest BCUT2D eigenvalue weighted by Crippen LogP contribution is -2.46. The molecule has 7 nitrogen and oxygen atoms in total. The van der Waals surface area contributed by atoms with Crippen molar-refractivity contribution in [2.75, 3.05) is 36.4 Å². The molecule has 2 aromatic heterocycles. The third-order valence-corrected chi connectivity index (χ3v) is 6.38. The summed E-state index contributed by atoms with van der Waals surface area (Å²) in [5.41, 5.74) is 0. The van der Waals surface area contributed by atoms with Gasteiger partial charge in [-0.25, -0.2) is 0 Å². The Kier molecular flexibility index (Phi) is 6.03. The first-order valence-electron chi connectivity index (χ1n) is 9.93. The van der Waals surface area contributed by atoms with Crippen LogP contribution in [0, 0.1) is 0 Å². The fourth-order valence-corrected chi connectivity index (χ4v) is 4.79. The Hall–Kier alpha value is -1.93. The number of rotatable bonds is 6. The van der Waals surface area contributed by atoms with Crippen molar-refractivity contribution in [3.05, 3.63) is 24.2 Å². The summed E-state index contributed by atoms with van der Waals surface area (Å²) in [7, 11) is 0. The summed E-state index contributed by atoms with van der Waals surface area (Å²) in [6.07, 6.45) is 9.04. The van der Waals surface area contributed by atoms with Gasteiger partial charge in [0.2, 0.25) is 16.2 Å². The minimum absolute atomic E-state index is 0.0575. The Balaban J connectivity index is 1.24. The molecule has 146 valence electrons. The van der Waals surface area contributed by atoms with Crippen molar-refractivity contribution in [3.8, 4) is 0 Å². The van der Waals surface area contributed by atoms with E-state index in [1.807, 2.05) is 12.1 Å². The first-order valence-corrected chi connectivity index (χ1v) is 10.7. The molecule has 2 saturated heterocycles. The number of nitrogens with zero attached hydrogens (tertiary/aromatic N) is 4. The topological polar surface area (TPSA) is 74.5 Å². The minimum atomic E-state index is -0.0575. The van der Waals surface area contributed by atoms with E-state index < -0.39 is 0 Å². The molecule has 2 aromatic rings. The third-order valence-electron chi connectivity index (χ3n) is 5.48. The molecular formula is C19H27N5O2S. The highest BCUT2D eigenvalue weighted by Gasteiger charge is 2.27. The van der Waals surface area contributed by atoms with Crippen LogP contribution in [0.15, 0.2) is 22.8 Å². The molecule has 4 heterocycles. The molecule has 2 aliphatic rings. The lowest BCUT2D eigenvalue weighted by atomic mass is 10.0. The van der Waals surface area contributed by atoms with E-state index in [1.54, 1.807) is 6.26 Å². The number of hydrogen-bond donors (Lipinski definition) is 1. The van der Waals surface area contributed by atoms with Gasteiger partial charge >= 0.3 is 0 Å². The van der Waals surface area contributed by atoms with E-state index in [0.717, 1.165) is 30.0 Å². The summed E-state index contributed by atoms with van der Waals surface area (Å²) in [5, 5.41) is 12.8. The van der Waals surface area contributed by atoms with Crippen LogP contribution in [0.5, 0.6) is 0 Å². The lowest BCUT2D eigenvalue weighted by molar-refractivity contribution is -0.116. The standard InChI is InChI=1S/C19H27N5O2S/c25-17(7-6-16-5-4-14-26-16)20-18-21-22-19(27-18)24-12-8-15(9-13-24)23-10-2-1-3-11-23/h4-5,14-15H,1-3,6-13H2,(H,20,21,25). The molecule has 0 atom stereocenters. The molecule has 0 radical (unpaired) electrons. The Labute approximate surface area is 163 Å². The average molecular weight is 390 g/mol. The van der Waals surface area contributed by atoms with Crippen molar-refractivity contribution in [2.45, 2.75) is 51.0 Å². The summed E-state index contributed by atoms with van der Waals surface area (Å²) < 4.78 is 5.25. The maximum Gasteiger partial charge on any atom is 0.226 e. The number of hydrogen-bond acceptors (Lipinski definition) is 7. The van der Waals surface area contributed by atoms with Crippen LogP contribution in [0.2, 0.25) is 0 Å². The van der Waals surface area contributed by atoms with Crippen LogP contribution < -0.4 is 10.2 Å². The number of aryl methyl sites for hydroxylation is 1. The monoisotopic (exact) mass is 389 g/mol. The number of amides is 1. The van der Waals surface area contributed by atoms with Crippen molar-refractivity contribution in [2.24, 2.45) is 0 Å². The second kappa shape index (κ2) is 8.84. The van der Waals surface area contributed by atoms with Crippen molar-refractivity contribution >= 4 is 27.5 Å². The molecule has 4 rings (SSSR count). The fourth-order valence-electron chi connectivity index (χ4n) is 3.97. The van der Waals surface area contributed by atoms with E-state index in [9.17, 15) is 4.79 Å². The average Bonchev–Trinajstić information content (AvgIpc) is 3.39. The zero-order valence-corrected chi connectivity index (χ0v) is 16.4. The van der Waals surface area contributed by atoms with Crippen molar-refractivity contribution in [1.29, 1.82) is 0 Å². The predicted molar refractivity (Wildman–Crippen MR) is 106 cm³/mol. The molecule has 8 heteroatoms. The van der Waals surface area contributed by atoms with Gasteiger partial charge in [0, 0.05) is 32.0 Å². The Bertz CT molecular complexity index is 718. The van der Waals surface area contributed by atoms with Gasteiger partial charge in [-0.3, -0.25) is 4.79 Å². The molecule has 27 heavy (non-hydrogen) atoms. The van der Waals surface area contributed by atoms with Crippen LogP contribution in [0.25, 0.3) is 0 Å². The fraction of sp³-hybridized carbons (Fsp3) is 0.632. The first-order chi connectivity index (χ1) is 13.3. The van der Waals surface area contributed by atoms with E-state index >= 15 is 0 Å². The zero-order chi connectivity index (χ0) is 18.5. The van der Waals surface area contributed by atoms with Gasteiger partial charge in [0.05, 0.1) is 6.26 Å². The zero-order valence-electron chi connectivity index (χ0n) is 15.6. The Morgan fingerprint density at radius 2 is 2.00 bits per heavy atom. The number of nitrogens with one attached hydrogen (secondary N) is 1. The molecule has 0 saturated carbocycles. The Morgan fingerprint density at radius 1 is 1.19 bits per heavy atom. The van der Waals surface area contributed by atoms with Crippen LogP contribution in [-0.2, 0) is 11.2 Å². The number of carbonyl (C=O) groups excluding carboxylic acids is 1. The van der Waals surface area contributed by atoms with E-state index in [-0.39, 0.29) is 5.91 Å². The highest BCUT2D eigenvalue weighted by molar-refractivity contribution is 7.19. The SMILES string of the molecule is O=C(CCc1ccco1)Nc1nnc(N2CCC(N3CCCCC3)CC2)s1. The number of anilines is 2. The summed E-state index contributed by atoms with van der Waals surface area (Å²) in [5.74, 6) is 0.762. The molecule has 0 bridgehead atoms. The first kappa shape index (κ1) is 18.4. The number of carbonyl (C=O) groups is 1. The van der Waals surface area contributed by atoms with E-state index in [2.05, 4.69) is 25.3 Å². The molecule has 1 amide bonds. The number of furan rings is 1. The quantitative estimate of drug-likeness (QED) is 0.818. The molecular weight excluding hydrogens is 362 g/mol. The van der Waals surface area contributed by atoms with Gasteiger partial charge in [0.1, 0.15) is 5.76 Å². The van der Waals surface area contributed by atoms with Gasteiger partial charge in [0.25, 0.3) is 0 Å². The van der Waals surface area contributed by atoms with Crippen molar-refractivity contribution in [1.82, 2.24) is 15.1 Å². The van der Waals surface area contributed by atoms with Gasteiger partial charge in [-0.2, -0.15) is 0 Å². The highest BCUT2D eigenvalue weighted by atomic mass is 32.1. The van der Waals surface area contributed by atoms with Crippen molar-refractivity contribution in [3.63, 3.8) is 0 Å². The van der Waals surface area contributed by atoms with Crippen LogP contribution >= 0.6 is 11.3 Å². The second-order valence-corrected chi connectivity index (χ2v) is 8.29. The summed E-state index contributed by atoms with van der Waals surface area (Å²) in [4.78, 5) is 17.1. The molecule has 2 fully saturated rings. The molecule has 0 aromatic carbocycles. The molecule has 0 aliphatic carbocycles. The largest absolute Gasteiger partial charge is 0.469 e. The second-order valence-electron chi connectivity index (χ2n) is 7.33. The third kappa shape index (κ3) is 4.87. The van der Waals surface area contributed by atoms with Gasteiger partial charge in [-0.1, -0.05) is 17.8 Å². The molecule has 2 aliphatic heterocycles. The molecule has 1 N–H and O–H groups in total. The van der Waals surface area contributed by atoms with E-state index in [0.29, 0.717) is 18.0 Å². The number of aromatic nitrogens is 2. The lowest BCUT2D eigenvalue weighted by Gasteiger charge is -2.40. The Morgan fingerprint density at radius 3 is 2.74 bits per heavy atom. The van der Waals surface area contributed by atoms with Crippen LogP contribution in [0.1, 0.15) is 44.3 Å². The van der Waals surface area contributed by atoms with Crippen LogP contribution in [0.4, 0.5) is 10.3 Å². The summed E-state index contributed by atoms with van der Waals surface area (Å²) >= 11 is 1.46. The number of likely N-dealkylation sites (tertiary alicyclic amines) is 1. The van der Waals surface area contributed by atoms with Crippen molar-refractivity contribution < 1.29 is 9.21 Å². The predicted octanol–water partition coefficient (Wildman–Crippen LogP) is 3.16. The molecule has 0 unspecified atom stereocenters. The molecule has 0 spiro atoms. The highest BCUT2D eigenvalue weighted by Crippen LogP contribution is 2.28. The maximum absolute atomic E-state index is 12.1. The van der Waals surface area contributed by atoms with Gasteiger partial charge in [-0.05, 0) is 50.9 Å². The maximum atomic E-state index is 12.1. The summed E-state index contributed by atoms with van der Waals surface area (Å²) in [6, 6.07) is 4.43. The van der Waals surface area contributed by atoms with Crippen LogP contribution in [0.3, 0.4) is 0 Å². The van der Waals surface area contributed by atoms with Crippen LogP contribution in [-0.4, -0.2) is 53.2 Å². The van der Waals surface area contributed by atoms with E-state index in [1.165, 1.54) is 56.5 Å². The number of piperidine rings is 2. The summed E-state index contributed by atoms with van der Waals surface area (Å²) in [6.45, 7) is 4.56. The smallest absolute Gasteiger partial charge is 0.226 e. The van der Waals surface area contributed by atoms with Gasteiger partial charge in [-0.15, -0.1) is 10.2 Å². The van der Waals surface area contributed by atoms with E-state index in [4.69, 9.17) is 4.42 Å².